The van der Waals surface area contributed by atoms with E-state index in [-0.39, 0.29) is 0 Å². The topological polar surface area (TPSA) is 41.6 Å². The van der Waals surface area contributed by atoms with Gasteiger partial charge in [-0.05, 0) is 28.5 Å². The second-order valence-electron chi connectivity index (χ2n) is 5.13. The van der Waals surface area contributed by atoms with Gasteiger partial charge in [0.15, 0.2) is 5.82 Å². The van der Waals surface area contributed by atoms with E-state index in [9.17, 15) is 0 Å². The molecule has 1 aromatic carbocycles. The number of hydrogen-bond donors (Lipinski definition) is 1. The molecule has 0 spiro atoms. The Kier molecular flexibility index (Phi) is 4.41. The summed E-state index contributed by atoms with van der Waals surface area (Å²) in [7, 11) is 0. The van der Waals surface area contributed by atoms with Gasteiger partial charge in [-0.1, -0.05) is 55.9 Å². The predicted octanol–water partition coefficient (Wildman–Crippen LogP) is 4.95. The van der Waals surface area contributed by atoms with Gasteiger partial charge in [0, 0.05) is 5.75 Å². The van der Waals surface area contributed by atoms with Crippen molar-refractivity contribution in [3.05, 3.63) is 52.9 Å². The van der Waals surface area contributed by atoms with Crippen LogP contribution in [0.1, 0.15) is 30.9 Å². The highest BCUT2D eigenvalue weighted by Crippen LogP contribution is 2.25. The minimum Gasteiger partial charge on any atom is -0.257 e. The standard InChI is InChI=1S/C16H17N3S2/c1-11(2)13-7-5-12(6-8-13)10-21-16-17-15(18-19-16)14-4-3-9-20-14/h3-9,11H,10H2,1-2H3,(H,17,18,19). The Bertz CT molecular complexity index is 685. The van der Waals surface area contributed by atoms with Crippen molar-refractivity contribution < 1.29 is 0 Å². The highest BCUT2D eigenvalue weighted by Gasteiger charge is 2.07. The molecule has 0 aliphatic rings. The first kappa shape index (κ1) is 14.4. The number of benzene rings is 1. The summed E-state index contributed by atoms with van der Waals surface area (Å²) in [6.45, 7) is 4.42. The van der Waals surface area contributed by atoms with Crippen molar-refractivity contribution in [3.63, 3.8) is 0 Å². The monoisotopic (exact) mass is 315 g/mol. The summed E-state index contributed by atoms with van der Waals surface area (Å²) >= 11 is 3.32. The lowest BCUT2D eigenvalue weighted by molar-refractivity contribution is 0.866. The number of rotatable bonds is 5. The van der Waals surface area contributed by atoms with E-state index in [0.717, 1.165) is 21.6 Å². The average molecular weight is 315 g/mol. The predicted molar refractivity (Wildman–Crippen MR) is 89.8 cm³/mol. The highest BCUT2D eigenvalue weighted by atomic mass is 32.2. The van der Waals surface area contributed by atoms with Gasteiger partial charge in [-0.2, -0.15) is 0 Å². The van der Waals surface area contributed by atoms with Gasteiger partial charge in [-0.15, -0.1) is 16.4 Å². The number of hydrogen-bond acceptors (Lipinski definition) is 4. The maximum absolute atomic E-state index is 4.52. The molecule has 0 aliphatic carbocycles. The molecule has 0 radical (unpaired) electrons. The second-order valence-corrected chi connectivity index (χ2v) is 7.02. The molecule has 0 aliphatic heterocycles. The van der Waals surface area contributed by atoms with Crippen molar-refractivity contribution in [2.24, 2.45) is 0 Å². The number of thioether (sulfide) groups is 1. The average Bonchev–Trinajstić information content (AvgIpc) is 3.16. The first-order valence-electron chi connectivity index (χ1n) is 6.90. The Labute approximate surface area is 132 Å². The van der Waals surface area contributed by atoms with Gasteiger partial charge >= 0.3 is 0 Å². The molecule has 21 heavy (non-hydrogen) atoms. The Morgan fingerprint density at radius 1 is 1.19 bits per heavy atom. The van der Waals surface area contributed by atoms with Crippen molar-refractivity contribution in [2.75, 3.05) is 0 Å². The second kappa shape index (κ2) is 6.45. The van der Waals surface area contributed by atoms with Gasteiger partial charge in [0.2, 0.25) is 5.16 Å². The lowest BCUT2D eigenvalue weighted by Gasteiger charge is -2.05. The smallest absolute Gasteiger partial charge is 0.209 e. The lowest BCUT2D eigenvalue weighted by atomic mass is 10.0. The minimum absolute atomic E-state index is 0.577. The van der Waals surface area contributed by atoms with Crippen LogP contribution >= 0.6 is 23.1 Å². The first-order chi connectivity index (χ1) is 10.2. The molecule has 5 heteroatoms. The van der Waals surface area contributed by atoms with Crippen LogP contribution in [0.25, 0.3) is 10.7 Å². The van der Waals surface area contributed by atoms with Crippen molar-refractivity contribution in [3.8, 4) is 10.7 Å². The number of thiophene rings is 1. The van der Waals surface area contributed by atoms with Crippen LogP contribution in [0, 0.1) is 0 Å². The van der Waals surface area contributed by atoms with E-state index in [1.165, 1.54) is 11.1 Å². The SMILES string of the molecule is CC(C)c1ccc(CSc2n[nH]c(-c3cccs3)n2)cc1. The molecule has 0 amide bonds. The molecule has 3 aromatic rings. The largest absolute Gasteiger partial charge is 0.257 e. The zero-order valence-electron chi connectivity index (χ0n) is 12.0. The van der Waals surface area contributed by atoms with Crippen LogP contribution in [0.4, 0.5) is 0 Å². The van der Waals surface area contributed by atoms with Crippen molar-refractivity contribution >= 4 is 23.1 Å². The molecule has 0 atom stereocenters. The van der Waals surface area contributed by atoms with Crippen LogP contribution in [0.2, 0.25) is 0 Å². The Morgan fingerprint density at radius 3 is 2.67 bits per heavy atom. The summed E-state index contributed by atoms with van der Waals surface area (Å²) in [5.41, 5.74) is 2.67. The van der Waals surface area contributed by atoms with Crippen LogP contribution in [-0.4, -0.2) is 15.2 Å². The Morgan fingerprint density at radius 2 is 2.00 bits per heavy atom. The number of aromatic amines is 1. The summed E-state index contributed by atoms with van der Waals surface area (Å²) in [5.74, 6) is 2.32. The molecular weight excluding hydrogens is 298 g/mol. The maximum Gasteiger partial charge on any atom is 0.209 e. The van der Waals surface area contributed by atoms with E-state index < -0.39 is 0 Å². The molecule has 0 bridgehead atoms. The van der Waals surface area contributed by atoms with Gasteiger partial charge in [-0.3, -0.25) is 5.10 Å². The first-order valence-corrected chi connectivity index (χ1v) is 8.77. The molecule has 0 saturated heterocycles. The summed E-state index contributed by atoms with van der Waals surface area (Å²) in [5, 5.41) is 10.1. The van der Waals surface area contributed by atoms with E-state index in [1.54, 1.807) is 23.1 Å². The number of nitrogens with zero attached hydrogens (tertiary/aromatic N) is 2. The molecule has 0 fully saturated rings. The summed E-state index contributed by atoms with van der Waals surface area (Å²) < 4.78 is 0. The molecule has 0 unspecified atom stereocenters. The van der Waals surface area contributed by atoms with E-state index in [2.05, 4.69) is 53.3 Å². The van der Waals surface area contributed by atoms with Crippen LogP contribution < -0.4 is 0 Å². The summed E-state index contributed by atoms with van der Waals surface area (Å²) in [6, 6.07) is 12.9. The Hall–Kier alpha value is -1.59. The zero-order valence-corrected chi connectivity index (χ0v) is 13.7. The lowest BCUT2D eigenvalue weighted by Crippen LogP contribution is -1.88. The number of nitrogens with one attached hydrogen (secondary N) is 1. The van der Waals surface area contributed by atoms with Gasteiger partial charge in [0.1, 0.15) is 0 Å². The van der Waals surface area contributed by atoms with Crippen molar-refractivity contribution in [1.82, 2.24) is 15.2 Å². The molecule has 1 N–H and O–H groups in total. The van der Waals surface area contributed by atoms with E-state index in [0.29, 0.717) is 5.92 Å². The zero-order chi connectivity index (χ0) is 14.7. The van der Waals surface area contributed by atoms with E-state index >= 15 is 0 Å². The van der Waals surface area contributed by atoms with Gasteiger partial charge in [0.05, 0.1) is 4.88 Å². The normalized spacial score (nSPS) is 11.2. The summed E-state index contributed by atoms with van der Waals surface area (Å²) in [6.07, 6.45) is 0. The van der Waals surface area contributed by atoms with Crippen LogP contribution in [0.15, 0.2) is 46.9 Å². The van der Waals surface area contributed by atoms with E-state index in [4.69, 9.17) is 0 Å². The maximum atomic E-state index is 4.52. The van der Waals surface area contributed by atoms with E-state index in [1.807, 2.05) is 17.5 Å². The fourth-order valence-electron chi connectivity index (χ4n) is 1.98. The molecule has 3 nitrogen and oxygen atoms in total. The minimum atomic E-state index is 0.577. The third-order valence-electron chi connectivity index (χ3n) is 3.23. The fourth-order valence-corrected chi connectivity index (χ4v) is 3.40. The molecule has 0 saturated carbocycles. The molecule has 3 rings (SSSR count). The third-order valence-corrected chi connectivity index (χ3v) is 5.03. The number of H-pyrrole nitrogens is 1. The fraction of sp³-hybridized carbons (Fsp3) is 0.250. The Balaban J connectivity index is 1.62. The van der Waals surface area contributed by atoms with Crippen LogP contribution in [-0.2, 0) is 5.75 Å². The van der Waals surface area contributed by atoms with Crippen LogP contribution in [0.5, 0.6) is 0 Å². The molecular formula is C16H17N3S2. The van der Waals surface area contributed by atoms with Crippen LogP contribution in [0.3, 0.4) is 0 Å². The molecule has 2 aromatic heterocycles. The van der Waals surface area contributed by atoms with Gasteiger partial charge in [0.25, 0.3) is 0 Å². The highest BCUT2D eigenvalue weighted by molar-refractivity contribution is 7.98. The van der Waals surface area contributed by atoms with Crippen molar-refractivity contribution in [2.45, 2.75) is 30.7 Å². The van der Waals surface area contributed by atoms with Gasteiger partial charge in [-0.25, -0.2) is 4.98 Å². The molecule has 108 valence electrons. The summed E-state index contributed by atoms with van der Waals surface area (Å²) in [4.78, 5) is 5.64. The third kappa shape index (κ3) is 3.54. The molecule has 2 heterocycles. The van der Waals surface area contributed by atoms with Crippen molar-refractivity contribution in [1.29, 1.82) is 0 Å². The quantitative estimate of drug-likeness (QED) is 0.677. The number of aromatic nitrogens is 3. The van der Waals surface area contributed by atoms with Gasteiger partial charge < -0.3 is 0 Å².